The maximum Gasteiger partial charge on any atom is 0.172 e. The third-order valence-electron chi connectivity index (χ3n) is 4.05. The summed E-state index contributed by atoms with van der Waals surface area (Å²) in [7, 11) is 0. The molecule has 1 nitrogen and oxygen atoms in total. The Morgan fingerprint density at radius 3 is 2.67 bits per heavy atom. The van der Waals surface area contributed by atoms with Crippen molar-refractivity contribution in [1.29, 1.82) is 0 Å². The number of allylic oxidation sites excluding steroid dienone is 2. The quantitative estimate of drug-likeness (QED) is 0.794. The van der Waals surface area contributed by atoms with Crippen molar-refractivity contribution in [3.8, 4) is 0 Å². The van der Waals surface area contributed by atoms with Gasteiger partial charge >= 0.3 is 0 Å². The standard InChI is InChI=1S/C16H18OS/c1-15(2)10-12-8-9-14(17)16(12,11-15)18-13-6-4-3-5-7-13/h3-9,12H,10-11H2,1-2H3. The molecular formula is C16H18OS. The monoisotopic (exact) mass is 258 g/mol. The van der Waals surface area contributed by atoms with Crippen LogP contribution in [0.2, 0.25) is 0 Å². The SMILES string of the molecule is CC1(C)CC2C=CC(=O)C2(Sc2ccccc2)C1. The van der Waals surface area contributed by atoms with E-state index in [0.717, 1.165) is 12.8 Å². The van der Waals surface area contributed by atoms with E-state index in [-0.39, 0.29) is 10.2 Å². The fourth-order valence-corrected chi connectivity index (χ4v) is 5.03. The molecule has 2 aliphatic carbocycles. The van der Waals surface area contributed by atoms with Crippen LogP contribution in [0.25, 0.3) is 0 Å². The van der Waals surface area contributed by atoms with Gasteiger partial charge in [0.15, 0.2) is 5.78 Å². The van der Waals surface area contributed by atoms with Crippen molar-refractivity contribution in [2.24, 2.45) is 11.3 Å². The van der Waals surface area contributed by atoms with Crippen molar-refractivity contribution in [1.82, 2.24) is 0 Å². The minimum Gasteiger partial charge on any atom is -0.293 e. The van der Waals surface area contributed by atoms with Gasteiger partial charge in [0.1, 0.15) is 0 Å². The van der Waals surface area contributed by atoms with Crippen LogP contribution in [-0.4, -0.2) is 10.5 Å². The van der Waals surface area contributed by atoms with Gasteiger partial charge in [0.2, 0.25) is 0 Å². The molecule has 0 N–H and O–H groups in total. The van der Waals surface area contributed by atoms with Crippen molar-refractivity contribution >= 4 is 17.5 Å². The number of rotatable bonds is 2. The van der Waals surface area contributed by atoms with Gasteiger partial charge < -0.3 is 0 Å². The van der Waals surface area contributed by atoms with Crippen molar-refractivity contribution < 1.29 is 4.79 Å². The average molecular weight is 258 g/mol. The lowest BCUT2D eigenvalue weighted by Gasteiger charge is -2.28. The highest BCUT2D eigenvalue weighted by Crippen LogP contribution is 2.59. The molecule has 0 bridgehead atoms. The molecule has 0 radical (unpaired) electrons. The predicted molar refractivity (Wildman–Crippen MR) is 75.7 cm³/mol. The summed E-state index contributed by atoms with van der Waals surface area (Å²) in [4.78, 5) is 13.6. The highest BCUT2D eigenvalue weighted by Gasteiger charge is 2.56. The van der Waals surface area contributed by atoms with E-state index in [4.69, 9.17) is 0 Å². The molecule has 0 heterocycles. The Morgan fingerprint density at radius 1 is 1.22 bits per heavy atom. The third kappa shape index (κ3) is 1.83. The van der Waals surface area contributed by atoms with Crippen molar-refractivity contribution in [2.75, 3.05) is 0 Å². The van der Waals surface area contributed by atoms with Gasteiger partial charge in [-0.1, -0.05) is 38.1 Å². The third-order valence-corrected chi connectivity index (χ3v) is 5.57. The Hall–Kier alpha value is -1.02. The lowest BCUT2D eigenvalue weighted by molar-refractivity contribution is -0.116. The Labute approximate surface area is 113 Å². The Morgan fingerprint density at radius 2 is 1.94 bits per heavy atom. The Balaban J connectivity index is 1.95. The summed E-state index contributed by atoms with van der Waals surface area (Å²) < 4.78 is -0.231. The zero-order valence-corrected chi connectivity index (χ0v) is 11.7. The minimum atomic E-state index is -0.231. The van der Waals surface area contributed by atoms with Gasteiger partial charge in [-0.05, 0) is 36.5 Å². The molecule has 1 saturated carbocycles. The second-order valence-corrected chi connectivity index (χ2v) is 7.58. The van der Waals surface area contributed by atoms with Crippen LogP contribution in [0.15, 0.2) is 47.4 Å². The Kier molecular flexibility index (Phi) is 2.67. The van der Waals surface area contributed by atoms with Gasteiger partial charge in [-0.25, -0.2) is 0 Å². The van der Waals surface area contributed by atoms with Gasteiger partial charge in [0.05, 0.1) is 4.75 Å². The molecule has 94 valence electrons. The molecule has 1 fully saturated rings. The minimum absolute atomic E-state index is 0.231. The highest BCUT2D eigenvalue weighted by atomic mass is 32.2. The van der Waals surface area contributed by atoms with Crippen LogP contribution in [0.4, 0.5) is 0 Å². The Bertz CT molecular complexity index is 503. The lowest BCUT2D eigenvalue weighted by Crippen LogP contribution is -2.33. The summed E-state index contributed by atoms with van der Waals surface area (Å²) in [6, 6.07) is 10.3. The number of carbonyl (C=O) groups is 1. The zero-order valence-electron chi connectivity index (χ0n) is 10.8. The van der Waals surface area contributed by atoms with Crippen LogP contribution < -0.4 is 0 Å². The molecule has 2 heteroatoms. The molecule has 18 heavy (non-hydrogen) atoms. The van der Waals surface area contributed by atoms with E-state index in [2.05, 4.69) is 32.1 Å². The van der Waals surface area contributed by atoms with Crippen LogP contribution in [0.3, 0.4) is 0 Å². The topological polar surface area (TPSA) is 17.1 Å². The fraction of sp³-hybridized carbons (Fsp3) is 0.438. The van der Waals surface area contributed by atoms with Gasteiger partial charge in [0.25, 0.3) is 0 Å². The van der Waals surface area contributed by atoms with E-state index in [1.165, 1.54) is 4.90 Å². The maximum atomic E-state index is 12.4. The zero-order chi connectivity index (χ0) is 12.8. The average Bonchev–Trinajstić information content (AvgIpc) is 2.73. The van der Waals surface area contributed by atoms with E-state index in [0.29, 0.717) is 11.7 Å². The highest BCUT2D eigenvalue weighted by molar-refractivity contribution is 8.01. The van der Waals surface area contributed by atoms with Gasteiger partial charge in [-0.15, -0.1) is 11.8 Å². The van der Waals surface area contributed by atoms with Crippen molar-refractivity contribution in [2.45, 2.75) is 36.3 Å². The summed E-state index contributed by atoms with van der Waals surface area (Å²) in [5, 5.41) is 0. The number of carbonyl (C=O) groups excluding carboxylic acids is 1. The summed E-state index contributed by atoms with van der Waals surface area (Å²) in [6.07, 6.45) is 6.04. The van der Waals surface area contributed by atoms with Gasteiger partial charge in [-0.2, -0.15) is 0 Å². The normalized spacial score (nSPS) is 32.8. The fourth-order valence-electron chi connectivity index (χ4n) is 3.37. The van der Waals surface area contributed by atoms with E-state index < -0.39 is 0 Å². The number of hydrogen-bond donors (Lipinski definition) is 0. The van der Waals surface area contributed by atoms with E-state index in [9.17, 15) is 4.79 Å². The molecule has 0 saturated heterocycles. The molecular weight excluding hydrogens is 240 g/mol. The molecule has 0 aromatic heterocycles. The van der Waals surface area contributed by atoms with E-state index in [1.807, 2.05) is 18.2 Å². The number of hydrogen-bond acceptors (Lipinski definition) is 2. The molecule has 0 spiro atoms. The van der Waals surface area contributed by atoms with Crippen LogP contribution in [-0.2, 0) is 4.79 Å². The van der Waals surface area contributed by atoms with Crippen LogP contribution in [0.5, 0.6) is 0 Å². The van der Waals surface area contributed by atoms with E-state index in [1.54, 1.807) is 17.8 Å². The molecule has 1 aromatic rings. The molecule has 0 amide bonds. The second kappa shape index (κ2) is 3.99. The molecule has 1 aromatic carbocycles. The summed E-state index contributed by atoms with van der Waals surface area (Å²) in [6.45, 7) is 4.56. The first-order chi connectivity index (χ1) is 8.52. The number of fused-ring (bicyclic) bond motifs is 1. The molecule has 2 atom stereocenters. The number of benzene rings is 1. The van der Waals surface area contributed by atoms with E-state index >= 15 is 0 Å². The van der Waals surface area contributed by atoms with Gasteiger partial charge in [0, 0.05) is 10.8 Å². The van der Waals surface area contributed by atoms with Crippen LogP contribution >= 0.6 is 11.8 Å². The van der Waals surface area contributed by atoms with Crippen molar-refractivity contribution in [3.05, 3.63) is 42.5 Å². The largest absolute Gasteiger partial charge is 0.293 e. The number of thioether (sulfide) groups is 1. The molecule has 3 rings (SSSR count). The first-order valence-electron chi connectivity index (χ1n) is 6.49. The van der Waals surface area contributed by atoms with Crippen molar-refractivity contribution in [3.63, 3.8) is 0 Å². The van der Waals surface area contributed by atoms with Gasteiger partial charge in [-0.3, -0.25) is 4.79 Å². The summed E-state index contributed by atoms with van der Waals surface area (Å²) in [5.41, 5.74) is 0.271. The first kappa shape index (κ1) is 12.0. The van der Waals surface area contributed by atoms with Crippen LogP contribution in [0, 0.1) is 11.3 Å². The summed E-state index contributed by atoms with van der Waals surface area (Å²) in [5.74, 6) is 0.720. The molecule has 2 unspecified atom stereocenters. The predicted octanol–water partition coefficient (Wildman–Crippen LogP) is 4.09. The maximum absolute atomic E-state index is 12.4. The second-order valence-electron chi connectivity index (χ2n) is 6.18. The van der Waals surface area contributed by atoms with Crippen LogP contribution in [0.1, 0.15) is 26.7 Å². The molecule has 0 aliphatic heterocycles. The molecule has 2 aliphatic rings. The summed E-state index contributed by atoms with van der Waals surface area (Å²) >= 11 is 1.77. The first-order valence-corrected chi connectivity index (χ1v) is 7.30. The lowest BCUT2D eigenvalue weighted by atomic mass is 9.89. The number of ketones is 1. The smallest absolute Gasteiger partial charge is 0.172 e.